The minimum Gasteiger partial charge on any atom is -0.497 e. The van der Waals surface area contributed by atoms with Gasteiger partial charge in [-0.3, -0.25) is 0 Å². The molecule has 2 N–H and O–H groups in total. The summed E-state index contributed by atoms with van der Waals surface area (Å²) in [4.78, 5) is 4.88. The van der Waals surface area contributed by atoms with E-state index >= 15 is 0 Å². The molecule has 116 valence electrons. The number of nitrogens with two attached hydrogens (primary N) is 1. The minimum atomic E-state index is 0.410. The predicted octanol–water partition coefficient (Wildman–Crippen LogP) is 3.24. The van der Waals surface area contributed by atoms with Crippen molar-refractivity contribution in [2.75, 3.05) is 7.11 Å². The lowest BCUT2D eigenvalue weighted by molar-refractivity contribution is 0.415. The zero-order chi connectivity index (χ0) is 16.2. The Kier molecular flexibility index (Phi) is 4.39. The van der Waals surface area contributed by atoms with Gasteiger partial charge in [-0.25, -0.2) is 4.98 Å². The fraction of sp³-hybridized carbons (Fsp3) is 0.111. The fourth-order valence-electron chi connectivity index (χ4n) is 2.46. The summed E-state index contributed by atoms with van der Waals surface area (Å²) in [5, 5.41) is 0. The summed E-state index contributed by atoms with van der Waals surface area (Å²) in [5.41, 5.74) is 8.75. The number of thiocarbonyl (C=S) groups is 1. The number of hydrogen-bond donors (Lipinski definition) is 1. The molecule has 3 rings (SSSR count). The molecule has 0 atom stereocenters. The van der Waals surface area contributed by atoms with Crippen LogP contribution >= 0.6 is 12.2 Å². The Morgan fingerprint density at radius 3 is 2.70 bits per heavy atom. The summed E-state index contributed by atoms with van der Waals surface area (Å²) >= 11 is 5.04. The molecule has 0 unspecified atom stereocenters. The van der Waals surface area contributed by atoms with Gasteiger partial charge in [-0.15, -0.1) is 0 Å². The van der Waals surface area contributed by atoms with Gasteiger partial charge in [-0.05, 0) is 35.9 Å². The first-order chi connectivity index (χ1) is 11.2. The first kappa shape index (κ1) is 15.2. The van der Waals surface area contributed by atoms with E-state index in [2.05, 4.69) is 15.6 Å². The van der Waals surface area contributed by atoms with Crippen molar-refractivity contribution < 1.29 is 4.74 Å². The van der Waals surface area contributed by atoms with Crippen LogP contribution in [0.1, 0.15) is 11.1 Å². The van der Waals surface area contributed by atoms with Gasteiger partial charge in [0.2, 0.25) is 0 Å². The number of ether oxygens (including phenoxy) is 1. The molecule has 0 saturated carbocycles. The summed E-state index contributed by atoms with van der Waals surface area (Å²) in [6, 6.07) is 15.8. The van der Waals surface area contributed by atoms with Crippen LogP contribution in [0, 0.1) is 0 Å². The number of hydrogen-bond acceptors (Lipinski definition) is 3. The number of rotatable bonds is 5. The van der Waals surface area contributed by atoms with E-state index in [1.165, 1.54) is 0 Å². The molecule has 0 aliphatic carbocycles. The van der Waals surface area contributed by atoms with E-state index < -0.39 is 0 Å². The third kappa shape index (κ3) is 3.40. The second kappa shape index (κ2) is 6.62. The Morgan fingerprint density at radius 2 is 2.00 bits per heavy atom. The van der Waals surface area contributed by atoms with Gasteiger partial charge >= 0.3 is 0 Å². The molecule has 2 aromatic carbocycles. The van der Waals surface area contributed by atoms with Crippen LogP contribution in [0.5, 0.6) is 5.75 Å². The topological polar surface area (TPSA) is 53.1 Å². The second-order valence-corrected chi connectivity index (χ2v) is 5.61. The van der Waals surface area contributed by atoms with Crippen molar-refractivity contribution in [3.8, 4) is 17.1 Å². The smallest absolute Gasteiger partial charge is 0.140 e. The lowest BCUT2D eigenvalue weighted by Crippen LogP contribution is -2.10. The van der Waals surface area contributed by atoms with Crippen molar-refractivity contribution in [2.45, 2.75) is 6.54 Å². The molecule has 0 bridgehead atoms. The Hall–Kier alpha value is -2.66. The van der Waals surface area contributed by atoms with Gasteiger partial charge < -0.3 is 15.0 Å². The van der Waals surface area contributed by atoms with Crippen LogP contribution < -0.4 is 10.5 Å². The van der Waals surface area contributed by atoms with Crippen LogP contribution in [0.25, 0.3) is 11.4 Å². The molecule has 0 aliphatic heterocycles. The SMILES string of the molecule is COc1ccc(-c2nccn2Cc2cccc(C(N)=S)c2)cc1. The minimum absolute atomic E-state index is 0.410. The summed E-state index contributed by atoms with van der Waals surface area (Å²) in [5.74, 6) is 1.74. The lowest BCUT2D eigenvalue weighted by Gasteiger charge is -2.10. The van der Waals surface area contributed by atoms with E-state index in [4.69, 9.17) is 22.7 Å². The molecule has 4 nitrogen and oxygen atoms in total. The van der Waals surface area contributed by atoms with E-state index in [9.17, 15) is 0 Å². The van der Waals surface area contributed by atoms with E-state index in [1.807, 2.05) is 48.7 Å². The second-order valence-electron chi connectivity index (χ2n) is 5.17. The molecular formula is C18H17N3OS. The summed E-state index contributed by atoms with van der Waals surface area (Å²) < 4.78 is 7.29. The van der Waals surface area contributed by atoms with Crippen molar-refractivity contribution in [3.05, 3.63) is 72.1 Å². The standard InChI is InChI=1S/C18H17N3OS/c1-22-16-7-5-14(6-8-16)18-20-9-10-21(18)12-13-3-2-4-15(11-13)17(19)23/h2-11H,12H2,1H3,(H2,19,23). The molecule has 0 radical (unpaired) electrons. The maximum atomic E-state index is 5.70. The van der Waals surface area contributed by atoms with Gasteiger partial charge in [-0.2, -0.15) is 0 Å². The Labute approximate surface area is 140 Å². The zero-order valence-electron chi connectivity index (χ0n) is 12.8. The van der Waals surface area contributed by atoms with Crippen molar-refractivity contribution in [2.24, 2.45) is 5.73 Å². The van der Waals surface area contributed by atoms with E-state index in [-0.39, 0.29) is 0 Å². The highest BCUT2D eigenvalue weighted by molar-refractivity contribution is 7.80. The van der Waals surface area contributed by atoms with Crippen LogP contribution in [-0.4, -0.2) is 21.6 Å². The highest BCUT2D eigenvalue weighted by atomic mass is 32.1. The van der Waals surface area contributed by atoms with E-state index in [0.29, 0.717) is 11.5 Å². The van der Waals surface area contributed by atoms with Crippen LogP contribution in [0.3, 0.4) is 0 Å². The van der Waals surface area contributed by atoms with Crippen LogP contribution in [0.15, 0.2) is 60.9 Å². The highest BCUT2D eigenvalue weighted by Crippen LogP contribution is 2.22. The number of nitrogens with zero attached hydrogens (tertiary/aromatic N) is 2. The summed E-state index contributed by atoms with van der Waals surface area (Å²) in [7, 11) is 1.66. The number of benzene rings is 2. The maximum Gasteiger partial charge on any atom is 0.140 e. The molecule has 0 aliphatic rings. The van der Waals surface area contributed by atoms with Crippen LogP contribution in [0.2, 0.25) is 0 Å². The first-order valence-electron chi connectivity index (χ1n) is 7.21. The third-order valence-electron chi connectivity index (χ3n) is 3.63. The average molecular weight is 323 g/mol. The largest absolute Gasteiger partial charge is 0.497 e. The van der Waals surface area contributed by atoms with Crippen molar-refractivity contribution in [1.82, 2.24) is 9.55 Å². The molecule has 5 heteroatoms. The van der Waals surface area contributed by atoms with Crippen LogP contribution in [0.4, 0.5) is 0 Å². The van der Waals surface area contributed by atoms with E-state index in [1.54, 1.807) is 13.3 Å². The molecule has 1 aromatic heterocycles. The monoisotopic (exact) mass is 323 g/mol. The van der Waals surface area contributed by atoms with Gasteiger partial charge in [-0.1, -0.05) is 30.4 Å². The molecule has 0 fully saturated rings. The molecule has 1 heterocycles. The van der Waals surface area contributed by atoms with Crippen molar-refractivity contribution in [3.63, 3.8) is 0 Å². The fourth-order valence-corrected chi connectivity index (χ4v) is 2.58. The zero-order valence-corrected chi connectivity index (χ0v) is 13.6. The van der Waals surface area contributed by atoms with Crippen molar-refractivity contribution >= 4 is 17.2 Å². The molecule has 0 spiro atoms. The average Bonchev–Trinajstić information content (AvgIpc) is 3.03. The third-order valence-corrected chi connectivity index (χ3v) is 3.86. The summed E-state index contributed by atoms with van der Waals surface area (Å²) in [6.45, 7) is 0.706. The maximum absolute atomic E-state index is 5.70. The van der Waals surface area contributed by atoms with Gasteiger partial charge in [0.05, 0.1) is 7.11 Å². The van der Waals surface area contributed by atoms with Gasteiger partial charge in [0.25, 0.3) is 0 Å². The van der Waals surface area contributed by atoms with Crippen molar-refractivity contribution in [1.29, 1.82) is 0 Å². The molecular weight excluding hydrogens is 306 g/mol. The lowest BCUT2D eigenvalue weighted by atomic mass is 10.1. The van der Waals surface area contributed by atoms with Gasteiger partial charge in [0.1, 0.15) is 16.6 Å². The Morgan fingerprint density at radius 1 is 1.22 bits per heavy atom. The molecule has 23 heavy (non-hydrogen) atoms. The summed E-state index contributed by atoms with van der Waals surface area (Å²) in [6.07, 6.45) is 3.77. The molecule has 0 saturated heterocycles. The highest BCUT2D eigenvalue weighted by Gasteiger charge is 2.07. The Balaban J connectivity index is 1.88. The number of imidazole rings is 1. The molecule has 0 amide bonds. The normalized spacial score (nSPS) is 10.5. The van der Waals surface area contributed by atoms with Gasteiger partial charge in [0.15, 0.2) is 0 Å². The first-order valence-corrected chi connectivity index (χ1v) is 7.62. The number of methoxy groups -OCH3 is 1. The molecule has 3 aromatic rings. The number of aromatic nitrogens is 2. The quantitative estimate of drug-likeness (QED) is 0.732. The van der Waals surface area contributed by atoms with E-state index in [0.717, 1.165) is 28.3 Å². The van der Waals surface area contributed by atoms with Crippen LogP contribution in [-0.2, 0) is 6.54 Å². The predicted molar refractivity (Wildman–Crippen MR) is 95.6 cm³/mol. The Bertz CT molecular complexity index is 824. The van der Waals surface area contributed by atoms with Gasteiger partial charge in [0, 0.05) is 30.1 Å².